The van der Waals surface area contributed by atoms with Gasteiger partial charge in [-0.05, 0) is 31.1 Å². The Hall–Kier alpha value is -0.230. The third-order valence-corrected chi connectivity index (χ3v) is 7.80. The average Bonchev–Trinajstić information content (AvgIpc) is 3.53. The molecule has 0 aromatic rings. The minimum Gasteiger partial charge on any atom is -0.379 e. The second-order valence-electron chi connectivity index (χ2n) is 10.3. The lowest BCUT2D eigenvalue weighted by Crippen LogP contribution is -2.19. The molecule has 2 heterocycles. The van der Waals surface area contributed by atoms with E-state index in [1.54, 1.807) is 0 Å². The zero-order valence-corrected chi connectivity index (χ0v) is 23.2. The molecule has 0 aliphatic carbocycles. The summed E-state index contributed by atoms with van der Waals surface area (Å²) in [6.07, 6.45) is 27.9. The van der Waals surface area contributed by atoms with Gasteiger partial charge in [0, 0.05) is 19.4 Å². The number of hydrogen-bond acceptors (Lipinski definition) is 5. The SMILES string of the molecule is CCCCCCCCCCCCCCCC1OCC(COCCCCCCCN2C=CSC2)O1. The normalized spacial score (nSPS) is 20.1. The molecule has 2 unspecified atom stereocenters. The number of nitrogens with zero attached hydrogens (tertiary/aromatic N) is 1. The van der Waals surface area contributed by atoms with Crippen molar-refractivity contribution in [2.45, 2.75) is 141 Å². The highest BCUT2D eigenvalue weighted by atomic mass is 32.2. The lowest BCUT2D eigenvalue weighted by Gasteiger charge is -2.14. The van der Waals surface area contributed by atoms with Crippen LogP contribution in [-0.2, 0) is 14.2 Å². The first-order valence-electron chi connectivity index (χ1n) is 14.8. The molecule has 0 amide bonds. The van der Waals surface area contributed by atoms with E-state index in [2.05, 4.69) is 23.4 Å². The van der Waals surface area contributed by atoms with Crippen molar-refractivity contribution in [2.75, 3.05) is 32.2 Å². The molecule has 1 saturated heterocycles. The maximum absolute atomic E-state index is 6.02. The van der Waals surface area contributed by atoms with Gasteiger partial charge in [0.2, 0.25) is 0 Å². The summed E-state index contributed by atoms with van der Waals surface area (Å²) in [5.41, 5.74) is 0. The van der Waals surface area contributed by atoms with Crippen LogP contribution in [0.3, 0.4) is 0 Å². The second kappa shape index (κ2) is 22.0. The Morgan fingerprint density at radius 3 is 2.06 bits per heavy atom. The lowest BCUT2D eigenvalue weighted by atomic mass is 10.0. The molecule has 0 aromatic carbocycles. The van der Waals surface area contributed by atoms with Crippen molar-refractivity contribution < 1.29 is 14.2 Å². The fraction of sp³-hybridized carbons (Fsp3) is 0.931. The fourth-order valence-corrected chi connectivity index (χ4v) is 5.54. The summed E-state index contributed by atoms with van der Waals surface area (Å²) in [5.74, 6) is 1.14. The van der Waals surface area contributed by atoms with Crippen molar-refractivity contribution in [3.8, 4) is 0 Å². The van der Waals surface area contributed by atoms with E-state index in [1.165, 1.54) is 116 Å². The summed E-state index contributed by atoms with van der Waals surface area (Å²) in [5, 5.41) is 2.19. The Bertz CT molecular complexity index is 476. The quantitative estimate of drug-likeness (QED) is 0.125. The minimum absolute atomic E-state index is 0.00478. The number of thioether (sulfide) groups is 1. The molecule has 4 nitrogen and oxygen atoms in total. The van der Waals surface area contributed by atoms with Crippen LogP contribution in [0.15, 0.2) is 11.6 Å². The molecule has 34 heavy (non-hydrogen) atoms. The van der Waals surface area contributed by atoms with E-state index in [-0.39, 0.29) is 12.4 Å². The first-order chi connectivity index (χ1) is 16.9. The number of unbranched alkanes of at least 4 members (excludes halogenated alkanes) is 16. The Labute approximate surface area is 215 Å². The highest BCUT2D eigenvalue weighted by molar-refractivity contribution is 8.02. The molecule has 2 atom stereocenters. The van der Waals surface area contributed by atoms with Crippen LogP contribution in [-0.4, -0.2) is 49.5 Å². The van der Waals surface area contributed by atoms with E-state index in [0.29, 0.717) is 13.2 Å². The van der Waals surface area contributed by atoms with Crippen LogP contribution < -0.4 is 0 Å². The van der Waals surface area contributed by atoms with Gasteiger partial charge >= 0.3 is 0 Å². The van der Waals surface area contributed by atoms with Crippen molar-refractivity contribution in [3.05, 3.63) is 11.6 Å². The van der Waals surface area contributed by atoms with Crippen LogP contribution in [0.25, 0.3) is 0 Å². The number of rotatable bonds is 24. The highest BCUT2D eigenvalue weighted by Crippen LogP contribution is 2.19. The Morgan fingerprint density at radius 1 is 0.794 bits per heavy atom. The Balaban J connectivity index is 1.26. The van der Waals surface area contributed by atoms with E-state index >= 15 is 0 Å². The summed E-state index contributed by atoms with van der Waals surface area (Å²) >= 11 is 1.89. The van der Waals surface area contributed by atoms with Gasteiger partial charge in [0.05, 0.1) is 19.1 Å². The number of hydrogen-bond donors (Lipinski definition) is 0. The first-order valence-corrected chi connectivity index (χ1v) is 15.8. The molecule has 0 spiro atoms. The smallest absolute Gasteiger partial charge is 0.158 e. The molecule has 2 aliphatic heterocycles. The van der Waals surface area contributed by atoms with Gasteiger partial charge in [-0.2, -0.15) is 0 Å². The zero-order valence-electron chi connectivity index (χ0n) is 22.4. The second-order valence-corrected chi connectivity index (χ2v) is 11.2. The molecular formula is C29H55NO3S. The summed E-state index contributed by atoms with van der Waals surface area (Å²) in [4.78, 5) is 2.41. The van der Waals surface area contributed by atoms with Crippen molar-refractivity contribution in [1.29, 1.82) is 0 Å². The zero-order chi connectivity index (χ0) is 23.9. The van der Waals surface area contributed by atoms with Crippen LogP contribution in [0.5, 0.6) is 0 Å². The van der Waals surface area contributed by atoms with Crippen molar-refractivity contribution in [2.24, 2.45) is 0 Å². The van der Waals surface area contributed by atoms with Crippen LogP contribution in [0.4, 0.5) is 0 Å². The maximum atomic E-state index is 6.02. The predicted molar refractivity (Wildman–Crippen MR) is 147 cm³/mol. The molecule has 0 aromatic heterocycles. The van der Waals surface area contributed by atoms with Gasteiger partial charge in [-0.25, -0.2) is 0 Å². The van der Waals surface area contributed by atoms with Gasteiger partial charge in [0.1, 0.15) is 6.10 Å². The van der Waals surface area contributed by atoms with Crippen molar-refractivity contribution in [3.63, 3.8) is 0 Å². The first kappa shape index (κ1) is 30.0. The molecule has 0 radical (unpaired) electrons. The summed E-state index contributed by atoms with van der Waals surface area (Å²) in [6.45, 7) is 5.74. The van der Waals surface area contributed by atoms with Crippen molar-refractivity contribution >= 4 is 11.8 Å². The molecule has 0 bridgehead atoms. The predicted octanol–water partition coefficient (Wildman–Crippen LogP) is 8.65. The summed E-state index contributed by atoms with van der Waals surface area (Å²) in [7, 11) is 0. The molecule has 0 N–H and O–H groups in total. The Kier molecular flexibility index (Phi) is 19.4. The van der Waals surface area contributed by atoms with Gasteiger partial charge in [0.15, 0.2) is 6.29 Å². The molecular weight excluding hydrogens is 442 g/mol. The topological polar surface area (TPSA) is 30.9 Å². The van der Waals surface area contributed by atoms with E-state index in [1.807, 2.05) is 11.8 Å². The standard InChI is InChI=1S/C29H55NO3S/c1-2-3-4-5-6-7-8-9-10-11-12-14-17-20-29-32-26-28(33-29)25-31-23-19-16-13-15-18-21-30-22-24-34-27-30/h22,24,28-29H,2-21,23,25-27H2,1H3. The van der Waals surface area contributed by atoms with Gasteiger partial charge < -0.3 is 19.1 Å². The fourth-order valence-electron chi connectivity index (χ4n) is 4.79. The van der Waals surface area contributed by atoms with Gasteiger partial charge in [0.25, 0.3) is 0 Å². The van der Waals surface area contributed by atoms with E-state index in [9.17, 15) is 0 Å². The average molecular weight is 498 g/mol. The molecule has 5 heteroatoms. The van der Waals surface area contributed by atoms with Gasteiger partial charge in [-0.3, -0.25) is 0 Å². The highest BCUT2D eigenvalue weighted by Gasteiger charge is 2.25. The third-order valence-electron chi connectivity index (χ3n) is 7.00. The lowest BCUT2D eigenvalue weighted by molar-refractivity contribution is -0.0761. The summed E-state index contributed by atoms with van der Waals surface area (Å²) in [6, 6.07) is 0. The molecule has 2 rings (SSSR count). The van der Waals surface area contributed by atoms with Gasteiger partial charge in [-0.1, -0.05) is 103 Å². The molecule has 2 aliphatic rings. The van der Waals surface area contributed by atoms with Crippen LogP contribution in [0, 0.1) is 0 Å². The Morgan fingerprint density at radius 2 is 1.41 bits per heavy atom. The minimum atomic E-state index is 0.00478. The number of ether oxygens (including phenoxy) is 3. The van der Waals surface area contributed by atoms with Crippen LogP contribution in [0.1, 0.15) is 129 Å². The molecule has 200 valence electrons. The van der Waals surface area contributed by atoms with Gasteiger partial charge in [-0.15, -0.1) is 11.8 Å². The van der Waals surface area contributed by atoms with E-state index < -0.39 is 0 Å². The summed E-state index contributed by atoms with van der Waals surface area (Å²) < 4.78 is 17.7. The molecule has 0 saturated carbocycles. The van der Waals surface area contributed by atoms with Crippen LogP contribution >= 0.6 is 11.8 Å². The third kappa shape index (κ3) is 16.4. The molecule has 1 fully saturated rings. The largest absolute Gasteiger partial charge is 0.379 e. The van der Waals surface area contributed by atoms with E-state index in [0.717, 1.165) is 25.3 Å². The van der Waals surface area contributed by atoms with Crippen LogP contribution in [0.2, 0.25) is 0 Å². The maximum Gasteiger partial charge on any atom is 0.158 e. The van der Waals surface area contributed by atoms with Crippen molar-refractivity contribution in [1.82, 2.24) is 4.90 Å². The van der Waals surface area contributed by atoms with E-state index in [4.69, 9.17) is 14.2 Å². The monoisotopic (exact) mass is 497 g/mol.